The molecule has 0 radical (unpaired) electrons. The van der Waals surface area contributed by atoms with E-state index in [1.54, 1.807) is 12.5 Å². The van der Waals surface area contributed by atoms with Crippen molar-refractivity contribution in [3.63, 3.8) is 0 Å². The van der Waals surface area contributed by atoms with E-state index in [9.17, 15) is 4.79 Å². The predicted molar refractivity (Wildman–Crippen MR) is 78.2 cm³/mol. The van der Waals surface area contributed by atoms with E-state index in [0.29, 0.717) is 6.54 Å². The van der Waals surface area contributed by atoms with Crippen molar-refractivity contribution in [3.05, 3.63) is 36.8 Å². The first-order valence-electron chi connectivity index (χ1n) is 6.90. The molecule has 1 aliphatic carbocycles. The minimum absolute atomic E-state index is 0.0000553. The molecular formula is C15H18N4O. The summed E-state index contributed by atoms with van der Waals surface area (Å²) in [5.41, 5.74) is 2.83. The topological polar surface area (TPSA) is 69.8 Å². The molecule has 1 aromatic heterocycles. The van der Waals surface area contributed by atoms with Gasteiger partial charge >= 0.3 is 0 Å². The number of nitrogens with one attached hydrogen (secondary N) is 3. The second-order valence-corrected chi connectivity index (χ2v) is 5.17. The highest BCUT2D eigenvalue weighted by atomic mass is 16.1. The molecule has 2 aromatic rings. The van der Waals surface area contributed by atoms with Gasteiger partial charge in [-0.15, -0.1) is 0 Å². The molecule has 0 unspecified atom stereocenters. The van der Waals surface area contributed by atoms with E-state index in [1.165, 1.54) is 12.8 Å². The maximum absolute atomic E-state index is 11.7. The zero-order valence-corrected chi connectivity index (χ0v) is 11.2. The molecule has 3 N–H and O–H groups in total. The van der Waals surface area contributed by atoms with Gasteiger partial charge in [-0.25, -0.2) is 4.98 Å². The lowest BCUT2D eigenvalue weighted by Gasteiger charge is -2.07. The highest BCUT2D eigenvalue weighted by molar-refractivity contribution is 5.92. The fraction of sp³-hybridized carbons (Fsp3) is 0.333. The van der Waals surface area contributed by atoms with Crippen LogP contribution >= 0.6 is 0 Å². The zero-order chi connectivity index (χ0) is 13.8. The molecule has 1 heterocycles. The van der Waals surface area contributed by atoms with E-state index in [1.807, 2.05) is 24.3 Å². The maximum Gasteiger partial charge on any atom is 0.238 e. The van der Waals surface area contributed by atoms with E-state index in [4.69, 9.17) is 0 Å². The fourth-order valence-corrected chi connectivity index (χ4v) is 2.06. The van der Waals surface area contributed by atoms with Gasteiger partial charge in [0.1, 0.15) is 0 Å². The normalized spacial score (nSPS) is 14.2. The molecule has 1 aliphatic rings. The molecule has 0 saturated heterocycles. The summed E-state index contributed by atoms with van der Waals surface area (Å²) >= 11 is 0. The highest BCUT2D eigenvalue weighted by Gasteiger charge is 2.20. The van der Waals surface area contributed by atoms with Crippen molar-refractivity contribution in [2.24, 2.45) is 5.92 Å². The van der Waals surface area contributed by atoms with Gasteiger partial charge in [0.15, 0.2) is 0 Å². The van der Waals surface area contributed by atoms with Crippen molar-refractivity contribution in [3.8, 4) is 11.3 Å². The van der Waals surface area contributed by atoms with Crippen molar-refractivity contribution >= 4 is 11.6 Å². The minimum atomic E-state index is -0.0000553. The Hall–Kier alpha value is -2.14. The number of benzene rings is 1. The molecule has 104 valence electrons. The van der Waals surface area contributed by atoms with E-state index < -0.39 is 0 Å². The Bertz CT molecular complexity index is 558. The number of carbonyl (C=O) groups is 1. The standard InChI is InChI=1S/C15H18N4O/c20-15(9-16-7-11-1-2-11)19-13-5-3-12(4-6-13)14-8-17-10-18-14/h3-6,8,10-11,16H,1-2,7,9H2,(H,17,18)(H,19,20). The van der Waals surface area contributed by atoms with Crippen LogP contribution in [0.15, 0.2) is 36.8 Å². The molecular weight excluding hydrogens is 252 g/mol. The second kappa shape index (κ2) is 5.88. The number of aromatic amines is 1. The third-order valence-corrected chi connectivity index (χ3v) is 3.39. The van der Waals surface area contributed by atoms with Crippen LogP contribution in [0.25, 0.3) is 11.3 Å². The minimum Gasteiger partial charge on any atom is -0.345 e. The average molecular weight is 270 g/mol. The molecule has 0 aliphatic heterocycles. The van der Waals surface area contributed by atoms with Gasteiger partial charge in [0.05, 0.1) is 24.8 Å². The Kier molecular flexibility index (Phi) is 3.78. The average Bonchev–Trinajstić information content (AvgIpc) is 3.11. The van der Waals surface area contributed by atoms with Crippen LogP contribution in [0.3, 0.4) is 0 Å². The van der Waals surface area contributed by atoms with Crippen molar-refractivity contribution < 1.29 is 4.79 Å². The Labute approximate surface area is 117 Å². The molecule has 20 heavy (non-hydrogen) atoms. The summed E-state index contributed by atoms with van der Waals surface area (Å²) in [4.78, 5) is 18.8. The van der Waals surface area contributed by atoms with Gasteiger partial charge in [0, 0.05) is 5.69 Å². The molecule has 5 heteroatoms. The molecule has 3 rings (SSSR count). The summed E-state index contributed by atoms with van der Waals surface area (Å²) in [6, 6.07) is 7.71. The van der Waals surface area contributed by atoms with Crippen LogP contribution in [0, 0.1) is 5.92 Å². The summed E-state index contributed by atoms with van der Waals surface area (Å²) in [5.74, 6) is 0.788. The summed E-state index contributed by atoms with van der Waals surface area (Å²) < 4.78 is 0. The lowest BCUT2D eigenvalue weighted by molar-refractivity contribution is -0.115. The summed E-state index contributed by atoms with van der Waals surface area (Å²) in [6.45, 7) is 1.32. The number of hydrogen-bond donors (Lipinski definition) is 3. The quantitative estimate of drug-likeness (QED) is 0.752. The number of amides is 1. The van der Waals surface area contributed by atoms with Gasteiger partial charge in [0.25, 0.3) is 0 Å². The van der Waals surface area contributed by atoms with Crippen molar-refractivity contribution in [2.45, 2.75) is 12.8 Å². The number of anilines is 1. The molecule has 0 atom stereocenters. The number of nitrogens with zero attached hydrogens (tertiary/aromatic N) is 1. The first-order chi connectivity index (χ1) is 9.81. The molecule has 1 aromatic carbocycles. The smallest absolute Gasteiger partial charge is 0.238 e. The van der Waals surface area contributed by atoms with E-state index in [2.05, 4.69) is 20.6 Å². The Morgan fingerprint density at radius 1 is 1.30 bits per heavy atom. The van der Waals surface area contributed by atoms with Crippen LogP contribution in [0.4, 0.5) is 5.69 Å². The largest absolute Gasteiger partial charge is 0.345 e. The monoisotopic (exact) mass is 270 g/mol. The number of hydrogen-bond acceptors (Lipinski definition) is 3. The van der Waals surface area contributed by atoms with Gasteiger partial charge in [-0.1, -0.05) is 12.1 Å². The zero-order valence-electron chi connectivity index (χ0n) is 11.2. The number of rotatable bonds is 6. The van der Waals surface area contributed by atoms with E-state index in [-0.39, 0.29) is 5.91 Å². The lowest BCUT2D eigenvalue weighted by Crippen LogP contribution is -2.29. The van der Waals surface area contributed by atoms with Gasteiger partial charge < -0.3 is 15.6 Å². The first kappa shape index (κ1) is 12.9. The van der Waals surface area contributed by atoms with Crippen LogP contribution in [0.2, 0.25) is 0 Å². The summed E-state index contributed by atoms with van der Waals surface area (Å²) in [5, 5.41) is 6.06. The fourth-order valence-electron chi connectivity index (χ4n) is 2.06. The Balaban J connectivity index is 1.50. The molecule has 5 nitrogen and oxygen atoms in total. The highest BCUT2D eigenvalue weighted by Crippen LogP contribution is 2.27. The summed E-state index contributed by atoms with van der Waals surface area (Å²) in [7, 11) is 0. The Morgan fingerprint density at radius 2 is 2.10 bits per heavy atom. The van der Waals surface area contributed by atoms with Crippen LogP contribution in [0.5, 0.6) is 0 Å². The third kappa shape index (κ3) is 3.45. The third-order valence-electron chi connectivity index (χ3n) is 3.39. The van der Waals surface area contributed by atoms with Crippen molar-refractivity contribution in [1.29, 1.82) is 0 Å². The van der Waals surface area contributed by atoms with E-state index >= 15 is 0 Å². The molecule has 0 spiro atoms. The second-order valence-electron chi connectivity index (χ2n) is 5.17. The summed E-state index contributed by atoms with van der Waals surface area (Å²) in [6.07, 6.45) is 6.01. The molecule has 0 bridgehead atoms. The van der Waals surface area contributed by atoms with Gasteiger partial charge in [-0.3, -0.25) is 4.79 Å². The number of imidazole rings is 1. The van der Waals surface area contributed by atoms with Crippen molar-refractivity contribution in [1.82, 2.24) is 15.3 Å². The maximum atomic E-state index is 11.7. The molecule has 1 amide bonds. The van der Waals surface area contributed by atoms with Crippen LogP contribution in [-0.4, -0.2) is 29.0 Å². The lowest BCUT2D eigenvalue weighted by atomic mass is 10.1. The molecule has 1 fully saturated rings. The Morgan fingerprint density at radius 3 is 2.75 bits per heavy atom. The van der Waals surface area contributed by atoms with Crippen LogP contribution in [0.1, 0.15) is 12.8 Å². The van der Waals surface area contributed by atoms with Crippen molar-refractivity contribution in [2.75, 3.05) is 18.4 Å². The number of aromatic nitrogens is 2. The number of H-pyrrole nitrogens is 1. The van der Waals surface area contributed by atoms with Gasteiger partial charge in [-0.2, -0.15) is 0 Å². The van der Waals surface area contributed by atoms with Gasteiger partial charge in [0.2, 0.25) is 5.91 Å². The predicted octanol–water partition coefficient (Wildman–Crippen LogP) is 2.01. The van der Waals surface area contributed by atoms with Crippen LogP contribution in [-0.2, 0) is 4.79 Å². The number of carbonyl (C=O) groups excluding carboxylic acids is 1. The molecule has 1 saturated carbocycles. The first-order valence-corrected chi connectivity index (χ1v) is 6.90. The van der Waals surface area contributed by atoms with Gasteiger partial charge in [-0.05, 0) is 43.0 Å². The van der Waals surface area contributed by atoms with Crippen LogP contribution < -0.4 is 10.6 Å². The van der Waals surface area contributed by atoms with E-state index in [0.717, 1.165) is 29.4 Å². The SMILES string of the molecule is O=C(CNCC1CC1)Nc1ccc(-c2cnc[nH]2)cc1.